The minimum Gasteiger partial charge on any atom is -0.494 e. The number of benzene rings is 3. The van der Waals surface area contributed by atoms with Gasteiger partial charge in [0.2, 0.25) is 0 Å². The third kappa shape index (κ3) is 7.59. The Balaban J connectivity index is 1.67. The maximum Gasteiger partial charge on any atom is 0.266 e. The number of ether oxygens (including phenoxy) is 2. The molecule has 3 aromatic rings. The van der Waals surface area contributed by atoms with Crippen molar-refractivity contribution in [2.24, 2.45) is 0 Å². The van der Waals surface area contributed by atoms with Crippen molar-refractivity contribution in [2.45, 2.75) is 6.92 Å². The third-order valence-electron chi connectivity index (χ3n) is 4.62. The molecular formula is C26H20Br2ClN3O4. The first-order chi connectivity index (χ1) is 17.3. The monoisotopic (exact) mass is 631 g/mol. The average molecular weight is 634 g/mol. The summed E-state index contributed by atoms with van der Waals surface area (Å²) in [7, 11) is 0. The molecule has 0 saturated carbocycles. The zero-order valence-corrected chi connectivity index (χ0v) is 22.9. The van der Waals surface area contributed by atoms with Gasteiger partial charge in [-0.2, -0.15) is 5.26 Å². The number of rotatable bonds is 9. The van der Waals surface area contributed by atoms with E-state index >= 15 is 0 Å². The second kappa shape index (κ2) is 13.1. The second-order valence-corrected chi connectivity index (χ2v) is 9.33. The van der Waals surface area contributed by atoms with Crippen molar-refractivity contribution in [3.63, 3.8) is 0 Å². The molecule has 0 radical (unpaired) electrons. The Morgan fingerprint density at radius 2 is 1.69 bits per heavy atom. The van der Waals surface area contributed by atoms with Gasteiger partial charge in [-0.25, -0.2) is 0 Å². The van der Waals surface area contributed by atoms with Gasteiger partial charge in [-0.15, -0.1) is 0 Å². The van der Waals surface area contributed by atoms with Gasteiger partial charge in [0.25, 0.3) is 11.8 Å². The molecule has 0 fully saturated rings. The summed E-state index contributed by atoms with van der Waals surface area (Å²) in [6.07, 6.45) is 1.45. The minimum atomic E-state index is -0.550. The number of nitriles is 1. The summed E-state index contributed by atoms with van der Waals surface area (Å²) in [5.74, 6) is 0.137. The highest BCUT2D eigenvalue weighted by Gasteiger charge is 2.14. The molecule has 0 saturated heterocycles. The van der Waals surface area contributed by atoms with Crippen LogP contribution in [0.5, 0.6) is 11.5 Å². The van der Waals surface area contributed by atoms with E-state index in [4.69, 9.17) is 21.1 Å². The van der Waals surface area contributed by atoms with E-state index in [0.717, 1.165) is 0 Å². The summed E-state index contributed by atoms with van der Waals surface area (Å²) in [5.41, 5.74) is 1.50. The Morgan fingerprint density at radius 1 is 1.03 bits per heavy atom. The van der Waals surface area contributed by atoms with E-state index in [0.29, 0.717) is 49.0 Å². The quantitative estimate of drug-likeness (QED) is 0.199. The number of nitrogens with one attached hydrogen (secondary N) is 2. The van der Waals surface area contributed by atoms with Crippen LogP contribution in [0.3, 0.4) is 0 Å². The lowest BCUT2D eigenvalue weighted by molar-refractivity contribution is -0.118. The fraction of sp³-hybridized carbons (Fsp3) is 0.115. The van der Waals surface area contributed by atoms with Gasteiger partial charge in [0.05, 0.1) is 26.3 Å². The molecule has 0 unspecified atom stereocenters. The molecule has 0 aliphatic rings. The number of halogens is 3. The van der Waals surface area contributed by atoms with Crippen LogP contribution in [0.15, 0.2) is 75.2 Å². The van der Waals surface area contributed by atoms with Crippen LogP contribution in [-0.2, 0) is 9.59 Å². The molecule has 3 rings (SSSR count). The van der Waals surface area contributed by atoms with Gasteiger partial charge in [-0.1, -0.05) is 23.7 Å². The molecular weight excluding hydrogens is 614 g/mol. The molecule has 3 aromatic carbocycles. The molecule has 0 heterocycles. The summed E-state index contributed by atoms with van der Waals surface area (Å²) in [6.45, 7) is 2.16. The number of amides is 2. The van der Waals surface area contributed by atoms with Crippen molar-refractivity contribution >= 4 is 72.7 Å². The molecule has 0 atom stereocenters. The summed E-state index contributed by atoms with van der Waals surface area (Å²) in [4.78, 5) is 24.9. The first-order valence-electron chi connectivity index (χ1n) is 10.6. The Hall–Kier alpha value is -3.32. The first kappa shape index (κ1) is 27.3. The molecule has 0 spiro atoms. The SMILES string of the molecule is CCOc1ccc(NC(=O)/C(C#N)=C/c2cc(Br)c(OCC(=O)Nc3ccccc3Cl)c(Br)c2)cc1. The third-order valence-corrected chi connectivity index (χ3v) is 6.12. The smallest absolute Gasteiger partial charge is 0.266 e. The van der Waals surface area contributed by atoms with Crippen molar-refractivity contribution in [1.29, 1.82) is 5.26 Å². The Bertz CT molecular complexity index is 1310. The van der Waals surface area contributed by atoms with Gasteiger partial charge in [0, 0.05) is 5.69 Å². The molecule has 2 amide bonds. The first-order valence-corrected chi connectivity index (χ1v) is 12.6. The topological polar surface area (TPSA) is 100 Å². The van der Waals surface area contributed by atoms with Crippen LogP contribution >= 0.6 is 43.5 Å². The van der Waals surface area contributed by atoms with Gasteiger partial charge in [0.1, 0.15) is 23.1 Å². The van der Waals surface area contributed by atoms with Crippen molar-refractivity contribution in [2.75, 3.05) is 23.8 Å². The number of anilines is 2. The van der Waals surface area contributed by atoms with Crippen LogP contribution < -0.4 is 20.1 Å². The molecule has 2 N–H and O–H groups in total. The van der Waals surface area contributed by atoms with E-state index in [1.807, 2.05) is 13.0 Å². The molecule has 0 aliphatic carbocycles. The van der Waals surface area contributed by atoms with Crippen LogP contribution in [0.1, 0.15) is 12.5 Å². The lowest BCUT2D eigenvalue weighted by Crippen LogP contribution is -2.20. The fourth-order valence-corrected chi connectivity index (χ4v) is 4.64. The Kier molecular flexibility index (Phi) is 9.94. The number of nitrogens with zero attached hydrogens (tertiary/aromatic N) is 1. The van der Waals surface area contributed by atoms with Gasteiger partial charge < -0.3 is 20.1 Å². The van der Waals surface area contributed by atoms with Crippen molar-refractivity contribution in [3.05, 3.63) is 85.8 Å². The Morgan fingerprint density at radius 3 is 2.31 bits per heavy atom. The van der Waals surface area contributed by atoms with E-state index in [1.54, 1.807) is 60.7 Å². The largest absolute Gasteiger partial charge is 0.494 e. The highest BCUT2D eigenvalue weighted by atomic mass is 79.9. The highest BCUT2D eigenvalue weighted by Crippen LogP contribution is 2.35. The summed E-state index contributed by atoms with van der Waals surface area (Å²) >= 11 is 12.9. The number of hydrogen-bond acceptors (Lipinski definition) is 5. The highest BCUT2D eigenvalue weighted by molar-refractivity contribution is 9.11. The Labute approximate surface area is 230 Å². The second-order valence-electron chi connectivity index (χ2n) is 7.21. The van der Waals surface area contributed by atoms with Crippen LogP contribution in [0.25, 0.3) is 6.08 Å². The van der Waals surface area contributed by atoms with E-state index in [2.05, 4.69) is 42.5 Å². The minimum absolute atomic E-state index is 0.0875. The molecule has 0 aliphatic heterocycles. The van der Waals surface area contributed by atoms with E-state index < -0.39 is 5.91 Å². The van der Waals surface area contributed by atoms with E-state index in [-0.39, 0.29) is 18.1 Å². The van der Waals surface area contributed by atoms with Crippen LogP contribution in [0, 0.1) is 11.3 Å². The van der Waals surface area contributed by atoms with Crippen molar-refractivity contribution in [3.8, 4) is 17.6 Å². The molecule has 0 aromatic heterocycles. The van der Waals surface area contributed by atoms with Gasteiger partial charge in [-0.3, -0.25) is 9.59 Å². The van der Waals surface area contributed by atoms with Gasteiger partial charge in [0.15, 0.2) is 6.61 Å². The zero-order valence-electron chi connectivity index (χ0n) is 19.0. The van der Waals surface area contributed by atoms with E-state index in [9.17, 15) is 14.9 Å². The molecule has 10 heteroatoms. The maximum absolute atomic E-state index is 12.6. The number of carbonyl (C=O) groups excluding carboxylic acids is 2. The number of para-hydroxylation sites is 1. The standard InChI is InChI=1S/C26H20Br2ClN3O4/c1-2-35-19-9-7-18(8-10-19)31-26(34)17(14-30)11-16-12-20(27)25(21(28)13-16)36-15-24(33)32-23-6-4-3-5-22(23)29/h3-13H,2,15H2,1H3,(H,31,34)(H,32,33)/b17-11+. The lowest BCUT2D eigenvalue weighted by Gasteiger charge is -2.12. The van der Waals surface area contributed by atoms with Gasteiger partial charge >= 0.3 is 0 Å². The normalized spacial score (nSPS) is 10.8. The van der Waals surface area contributed by atoms with Crippen LogP contribution in [0.4, 0.5) is 11.4 Å². The summed E-state index contributed by atoms with van der Waals surface area (Å²) in [5, 5.41) is 15.3. The predicted octanol–water partition coefficient (Wildman–Crippen LogP) is 6.83. The van der Waals surface area contributed by atoms with Gasteiger partial charge in [-0.05, 0) is 99.0 Å². The van der Waals surface area contributed by atoms with E-state index in [1.165, 1.54) is 6.08 Å². The molecule has 7 nitrogen and oxygen atoms in total. The molecule has 184 valence electrons. The van der Waals surface area contributed by atoms with Crippen LogP contribution in [0.2, 0.25) is 5.02 Å². The maximum atomic E-state index is 12.6. The summed E-state index contributed by atoms with van der Waals surface area (Å²) < 4.78 is 12.1. The average Bonchev–Trinajstić information content (AvgIpc) is 2.84. The van der Waals surface area contributed by atoms with Crippen LogP contribution in [-0.4, -0.2) is 25.0 Å². The predicted molar refractivity (Wildman–Crippen MR) is 147 cm³/mol. The number of carbonyl (C=O) groups is 2. The van der Waals surface area contributed by atoms with Crippen molar-refractivity contribution < 1.29 is 19.1 Å². The fourth-order valence-electron chi connectivity index (χ4n) is 3.00. The zero-order chi connectivity index (χ0) is 26.1. The summed E-state index contributed by atoms with van der Waals surface area (Å²) in [6, 6.07) is 19.0. The molecule has 0 bridgehead atoms. The molecule has 36 heavy (non-hydrogen) atoms. The number of hydrogen-bond donors (Lipinski definition) is 2. The lowest BCUT2D eigenvalue weighted by atomic mass is 10.1. The van der Waals surface area contributed by atoms with Crippen molar-refractivity contribution in [1.82, 2.24) is 0 Å².